The number of nitrogens with zero attached hydrogens (tertiary/aromatic N) is 1. The standard InChI is InChI=1S/C25H22N2O7/c1-15-6-3-8-17(12-15)24(31)33-20(22(28)27-19-10-5-11-26-14-19)21(23(29)30)34-25(32)18-9-4-7-16(2)13-18/h3-14,20-21H,1-2H3,(H,27,28)(H,29,30)/t20-,21-/m0/s1. The Hall–Kier alpha value is -4.53. The molecule has 3 rings (SSSR count). The van der Waals surface area contributed by atoms with E-state index in [1.807, 2.05) is 0 Å². The van der Waals surface area contributed by atoms with Gasteiger partial charge in [0.2, 0.25) is 12.2 Å². The number of aryl methyl sites for hydroxylation is 2. The first kappa shape index (κ1) is 24.1. The molecule has 1 aromatic heterocycles. The highest BCUT2D eigenvalue weighted by Gasteiger charge is 2.41. The summed E-state index contributed by atoms with van der Waals surface area (Å²) in [7, 11) is 0. The second-order valence-electron chi connectivity index (χ2n) is 7.46. The van der Waals surface area contributed by atoms with Crippen molar-refractivity contribution in [1.82, 2.24) is 4.98 Å². The molecule has 0 aliphatic heterocycles. The summed E-state index contributed by atoms with van der Waals surface area (Å²) in [5, 5.41) is 12.2. The van der Waals surface area contributed by atoms with Gasteiger partial charge < -0.3 is 19.9 Å². The molecule has 3 aromatic rings. The van der Waals surface area contributed by atoms with Crippen molar-refractivity contribution >= 4 is 29.5 Å². The Morgan fingerprint density at radius 1 is 0.824 bits per heavy atom. The molecule has 0 aliphatic carbocycles. The number of benzene rings is 2. The third kappa shape index (κ3) is 6.26. The number of hydrogen-bond donors (Lipinski definition) is 2. The van der Waals surface area contributed by atoms with Gasteiger partial charge in [-0.05, 0) is 50.2 Å². The van der Waals surface area contributed by atoms with E-state index in [4.69, 9.17) is 9.47 Å². The quantitative estimate of drug-likeness (QED) is 0.488. The maximum atomic E-state index is 13.0. The zero-order valence-corrected chi connectivity index (χ0v) is 18.4. The molecular formula is C25H22N2O7. The number of amides is 1. The Morgan fingerprint density at radius 2 is 1.38 bits per heavy atom. The van der Waals surface area contributed by atoms with Crippen LogP contribution in [0.3, 0.4) is 0 Å². The van der Waals surface area contributed by atoms with E-state index < -0.39 is 36.0 Å². The van der Waals surface area contributed by atoms with Crippen LogP contribution in [0.2, 0.25) is 0 Å². The molecule has 0 spiro atoms. The molecule has 0 radical (unpaired) electrons. The summed E-state index contributed by atoms with van der Waals surface area (Å²) in [5.41, 5.74) is 1.93. The lowest BCUT2D eigenvalue weighted by Crippen LogP contribution is -2.48. The fourth-order valence-electron chi connectivity index (χ4n) is 3.06. The van der Waals surface area contributed by atoms with Gasteiger partial charge in [0.05, 0.1) is 23.0 Å². The van der Waals surface area contributed by atoms with Gasteiger partial charge in [0.1, 0.15) is 0 Å². The van der Waals surface area contributed by atoms with Crippen molar-refractivity contribution < 1.29 is 33.8 Å². The van der Waals surface area contributed by atoms with Crippen molar-refractivity contribution in [2.24, 2.45) is 0 Å². The number of anilines is 1. The molecule has 9 heteroatoms. The maximum absolute atomic E-state index is 13.0. The zero-order chi connectivity index (χ0) is 24.7. The van der Waals surface area contributed by atoms with Crippen LogP contribution in [0.15, 0.2) is 73.1 Å². The first-order chi connectivity index (χ1) is 16.2. The number of carbonyl (C=O) groups is 4. The summed E-state index contributed by atoms with van der Waals surface area (Å²) in [6.07, 6.45) is -1.29. The normalized spacial score (nSPS) is 12.2. The van der Waals surface area contributed by atoms with Crippen LogP contribution >= 0.6 is 0 Å². The molecule has 174 valence electrons. The molecule has 0 bridgehead atoms. The Balaban J connectivity index is 1.91. The monoisotopic (exact) mass is 462 g/mol. The predicted molar refractivity (Wildman–Crippen MR) is 121 cm³/mol. The third-order valence-corrected chi connectivity index (χ3v) is 4.68. The molecule has 0 fully saturated rings. The molecule has 0 saturated carbocycles. The van der Waals surface area contributed by atoms with Crippen molar-refractivity contribution in [3.63, 3.8) is 0 Å². The van der Waals surface area contributed by atoms with Gasteiger partial charge in [-0.2, -0.15) is 0 Å². The molecule has 0 aliphatic rings. The molecule has 0 unspecified atom stereocenters. The van der Waals surface area contributed by atoms with E-state index >= 15 is 0 Å². The SMILES string of the molecule is Cc1cccc(C(=O)O[C@H](C(=O)O)[C@H](OC(=O)c2cccc(C)c2)C(=O)Nc2cccnc2)c1. The molecule has 2 atom stereocenters. The number of nitrogens with one attached hydrogen (secondary N) is 1. The van der Waals surface area contributed by atoms with Crippen LogP contribution in [-0.2, 0) is 19.1 Å². The molecule has 1 heterocycles. The van der Waals surface area contributed by atoms with Crippen LogP contribution in [0, 0.1) is 13.8 Å². The van der Waals surface area contributed by atoms with Gasteiger partial charge in [-0.1, -0.05) is 35.4 Å². The number of carboxylic acids is 1. The van der Waals surface area contributed by atoms with Crippen molar-refractivity contribution in [2.75, 3.05) is 5.32 Å². The minimum absolute atomic E-state index is 0.0858. The fourth-order valence-corrected chi connectivity index (χ4v) is 3.06. The number of carbonyl (C=O) groups excluding carboxylic acids is 3. The second kappa shape index (κ2) is 10.9. The molecule has 34 heavy (non-hydrogen) atoms. The van der Waals surface area contributed by atoms with Gasteiger partial charge in [0.25, 0.3) is 5.91 Å². The van der Waals surface area contributed by atoms with Gasteiger partial charge in [0, 0.05) is 6.20 Å². The van der Waals surface area contributed by atoms with E-state index in [1.54, 1.807) is 44.2 Å². The molecule has 2 N–H and O–H groups in total. The number of aromatic nitrogens is 1. The molecular weight excluding hydrogens is 440 g/mol. The van der Waals surface area contributed by atoms with E-state index in [1.165, 1.54) is 42.7 Å². The Kier molecular flexibility index (Phi) is 7.71. The number of ether oxygens (including phenoxy) is 2. The number of hydrogen-bond acceptors (Lipinski definition) is 7. The lowest BCUT2D eigenvalue weighted by molar-refractivity contribution is -0.157. The zero-order valence-electron chi connectivity index (χ0n) is 18.4. The minimum Gasteiger partial charge on any atom is -0.478 e. The summed E-state index contributed by atoms with van der Waals surface area (Å²) < 4.78 is 10.4. The van der Waals surface area contributed by atoms with Crippen molar-refractivity contribution in [3.05, 3.63) is 95.3 Å². The molecule has 0 saturated heterocycles. The van der Waals surface area contributed by atoms with Gasteiger partial charge in [0.15, 0.2) is 0 Å². The van der Waals surface area contributed by atoms with E-state index in [0.717, 1.165) is 11.1 Å². The van der Waals surface area contributed by atoms with Gasteiger partial charge >= 0.3 is 17.9 Å². The number of pyridine rings is 1. The third-order valence-electron chi connectivity index (χ3n) is 4.68. The van der Waals surface area contributed by atoms with Crippen LogP contribution in [0.5, 0.6) is 0 Å². The summed E-state index contributed by atoms with van der Waals surface area (Å²) in [5.74, 6) is -4.60. The number of aliphatic carboxylic acids is 1. The van der Waals surface area contributed by atoms with Crippen LogP contribution in [0.4, 0.5) is 5.69 Å². The summed E-state index contributed by atoms with van der Waals surface area (Å²) >= 11 is 0. The summed E-state index contributed by atoms with van der Waals surface area (Å²) in [6, 6.07) is 15.7. The smallest absolute Gasteiger partial charge is 0.349 e. The number of esters is 2. The van der Waals surface area contributed by atoms with Gasteiger partial charge in [-0.25, -0.2) is 14.4 Å². The van der Waals surface area contributed by atoms with Gasteiger partial charge in [-0.3, -0.25) is 9.78 Å². The summed E-state index contributed by atoms with van der Waals surface area (Å²) in [6.45, 7) is 3.51. The largest absolute Gasteiger partial charge is 0.478 e. The average molecular weight is 462 g/mol. The Morgan fingerprint density at radius 3 is 1.85 bits per heavy atom. The van der Waals surface area contributed by atoms with E-state index in [0.29, 0.717) is 0 Å². The molecule has 1 amide bonds. The Labute approximate surface area is 195 Å². The number of rotatable bonds is 8. The first-order valence-electron chi connectivity index (χ1n) is 10.2. The summed E-state index contributed by atoms with van der Waals surface area (Å²) in [4.78, 5) is 54.3. The van der Waals surface area contributed by atoms with Crippen molar-refractivity contribution in [1.29, 1.82) is 0 Å². The predicted octanol–water partition coefficient (Wildman–Crippen LogP) is 3.17. The van der Waals surface area contributed by atoms with Crippen molar-refractivity contribution in [3.8, 4) is 0 Å². The highest BCUT2D eigenvalue weighted by atomic mass is 16.6. The lowest BCUT2D eigenvalue weighted by Gasteiger charge is -2.23. The van der Waals surface area contributed by atoms with Gasteiger partial charge in [-0.15, -0.1) is 0 Å². The maximum Gasteiger partial charge on any atom is 0.349 e. The Bertz CT molecular complexity index is 1210. The number of carboxylic acid groups (broad SMARTS) is 1. The van der Waals surface area contributed by atoms with E-state index in [-0.39, 0.29) is 16.8 Å². The van der Waals surface area contributed by atoms with Crippen LogP contribution in [0.25, 0.3) is 0 Å². The average Bonchev–Trinajstić information content (AvgIpc) is 2.81. The minimum atomic E-state index is -2.11. The van der Waals surface area contributed by atoms with E-state index in [9.17, 15) is 24.3 Å². The van der Waals surface area contributed by atoms with Crippen LogP contribution in [-0.4, -0.2) is 46.1 Å². The topological polar surface area (TPSA) is 132 Å². The van der Waals surface area contributed by atoms with Crippen molar-refractivity contribution in [2.45, 2.75) is 26.1 Å². The molecule has 9 nitrogen and oxygen atoms in total. The first-order valence-corrected chi connectivity index (χ1v) is 10.2. The fraction of sp³-hybridized carbons (Fsp3) is 0.160. The highest BCUT2D eigenvalue weighted by Crippen LogP contribution is 2.16. The molecule has 2 aromatic carbocycles. The van der Waals surface area contributed by atoms with Crippen LogP contribution < -0.4 is 5.32 Å². The highest BCUT2D eigenvalue weighted by molar-refractivity contribution is 6.01. The van der Waals surface area contributed by atoms with E-state index in [2.05, 4.69) is 10.3 Å². The second-order valence-corrected chi connectivity index (χ2v) is 7.46. The van der Waals surface area contributed by atoms with Crippen LogP contribution in [0.1, 0.15) is 31.8 Å². The lowest BCUT2D eigenvalue weighted by atomic mass is 10.1.